The minimum absolute atomic E-state index is 0.203. The molecule has 1 amide bonds. The summed E-state index contributed by atoms with van der Waals surface area (Å²) in [4.78, 5) is 23.3. The van der Waals surface area contributed by atoms with Gasteiger partial charge >= 0.3 is 5.97 Å². The zero-order valence-corrected chi connectivity index (χ0v) is 16.4. The summed E-state index contributed by atoms with van der Waals surface area (Å²) in [5.74, 6) is -0.449. The fraction of sp³-hybridized carbons (Fsp3) is 0.619. The second-order valence-electron chi connectivity index (χ2n) is 6.81. The highest BCUT2D eigenvalue weighted by molar-refractivity contribution is 5.83. The Morgan fingerprint density at radius 3 is 2.41 bits per heavy atom. The van der Waals surface area contributed by atoms with Crippen molar-refractivity contribution in [3.63, 3.8) is 0 Å². The van der Waals surface area contributed by atoms with Crippen molar-refractivity contribution in [3.05, 3.63) is 29.8 Å². The van der Waals surface area contributed by atoms with Crippen LogP contribution in [0, 0.1) is 0 Å². The summed E-state index contributed by atoms with van der Waals surface area (Å²) in [6.07, 6.45) is 7.68. The first kappa shape index (κ1) is 23.0. The van der Waals surface area contributed by atoms with Gasteiger partial charge in [-0.2, -0.15) is 0 Å². The maximum absolute atomic E-state index is 11.9. The van der Waals surface area contributed by atoms with Gasteiger partial charge in [0.2, 0.25) is 5.91 Å². The molecule has 0 aliphatic carbocycles. The van der Waals surface area contributed by atoms with Gasteiger partial charge in [0.15, 0.2) is 0 Å². The fourth-order valence-corrected chi connectivity index (χ4v) is 2.75. The molecule has 0 saturated carbocycles. The molecule has 6 nitrogen and oxygen atoms in total. The lowest BCUT2D eigenvalue weighted by Crippen LogP contribution is -2.42. The predicted octanol–water partition coefficient (Wildman–Crippen LogP) is 3.28. The van der Waals surface area contributed by atoms with Crippen molar-refractivity contribution in [3.8, 4) is 5.75 Å². The molecule has 1 atom stereocenters. The molecule has 1 rings (SSSR count). The van der Waals surface area contributed by atoms with Gasteiger partial charge in [-0.05, 0) is 43.5 Å². The lowest BCUT2D eigenvalue weighted by Gasteiger charge is -2.15. The monoisotopic (exact) mass is 378 g/mol. The van der Waals surface area contributed by atoms with E-state index >= 15 is 0 Å². The van der Waals surface area contributed by atoms with Gasteiger partial charge in [0.1, 0.15) is 11.8 Å². The van der Waals surface area contributed by atoms with Gasteiger partial charge in [0.05, 0.1) is 6.61 Å². The second-order valence-corrected chi connectivity index (χ2v) is 6.81. The van der Waals surface area contributed by atoms with Gasteiger partial charge in [0.25, 0.3) is 0 Å². The Bertz CT molecular complexity index is 546. The molecular weight excluding hydrogens is 344 g/mol. The topological polar surface area (TPSA) is 102 Å². The Balaban J connectivity index is 2.41. The predicted molar refractivity (Wildman–Crippen MR) is 107 cm³/mol. The first-order chi connectivity index (χ1) is 13.1. The Hall–Kier alpha value is -2.08. The van der Waals surface area contributed by atoms with E-state index < -0.39 is 12.0 Å². The van der Waals surface area contributed by atoms with Crippen LogP contribution in [0.15, 0.2) is 24.3 Å². The number of aliphatic carboxylic acids is 1. The van der Waals surface area contributed by atoms with Crippen molar-refractivity contribution in [2.24, 2.45) is 5.73 Å². The quantitative estimate of drug-likeness (QED) is 0.407. The third-order valence-electron chi connectivity index (χ3n) is 4.37. The molecule has 0 fully saturated rings. The lowest BCUT2D eigenvalue weighted by molar-refractivity contribution is -0.141. The van der Waals surface area contributed by atoms with Crippen LogP contribution in [-0.2, 0) is 16.0 Å². The smallest absolute Gasteiger partial charge is 0.326 e. The average molecular weight is 379 g/mol. The van der Waals surface area contributed by atoms with Crippen LogP contribution in [0.25, 0.3) is 0 Å². The van der Waals surface area contributed by atoms with Crippen molar-refractivity contribution in [2.75, 3.05) is 13.2 Å². The van der Waals surface area contributed by atoms with Crippen LogP contribution < -0.4 is 15.8 Å². The number of nitrogens with one attached hydrogen (secondary N) is 1. The average Bonchev–Trinajstić information content (AvgIpc) is 2.65. The summed E-state index contributed by atoms with van der Waals surface area (Å²) in [6.45, 7) is 3.46. The van der Waals surface area contributed by atoms with Crippen molar-refractivity contribution in [1.82, 2.24) is 5.32 Å². The molecule has 1 aromatic carbocycles. The molecule has 0 aliphatic heterocycles. The van der Waals surface area contributed by atoms with E-state index in [1.165, 1.54) is 0 Å². The molecule has 1 aromatic rings. The van der Waals surface area contributed by atoms with Crippen LogP contribution in [-0.4, -0.2) is 36.2 Å². The molecule has 0 bridgehead atoms. The molecule has 1 unspecified atom stereocenters. The van der Waals surface area contributed by atoms with Gasteiger partial charge in [-0.3, -0.25) is 4.79 Å². The van der Waals surface area contributed by atoms with Crippen LogP contribution in [0.2, 0.25) is 0 Å². The number of nitrogens with two attached hydrogens (primary N) is 1. The molecule has 0 heterocycles. The number of hydrogen-bond donors (Lipinski definition) is 3. The number of ether oxygens (including phenoxy) is 1. The lowest BCUT2D eigenvalue weighted by atomic mass is 10.1. The fourth-order valence-electron chi connectivity index (χ4n) is 2.75. The highest BCUT2D eigenvalue weighted by Crippen LogP contribution is 2.14. The van der Waals surface area contributed by atoms with E-state index in [9.17, 15) is 14.7 Å². The summed E-state index contributed by atoms with van der Waals surface area (Å²) in [5.41, 5.74) is 6.32. The number of amides is 1. The zero-order chi connectivity index (χ0) is 19.9. The van der Waals surface area contributed by atoms with Gasteiger partial charge in [-0.25, -0.2) is 4.79 Å². The normalized spacial score (nSPS) is 11.8. The number of unbranched alkanes of at least 4 members (excludes halogenated alkanes) is 5. The number of benzene rings is 1. The SMILES string of the molecule is CCCCCC(=O)NC(Cc1ccc(OCCCCCCN)cc1)C(=O)O. The summed E-state index contributed by atoms with van der Waals surface area (Å²) in [6, 6.07) is 6.48. The maximum Gasteiger partial charge on any atom is 0.326 e. The maximum atomic E-state index is 11.9. The first-order valence-corrected chi connectivity index (χ1v) is 10.0. The highest BCUT2D eigenvalue weighted by Gasteiger charge is 2.20. The van der Waals surface area contributed by atoms with Crippen LogP contribution in [0.5, 0.6) is 5.75 Å². The molecule has 0 radical (unpaired) electrons. The van der Waals surface area contributed by atoms with E-state index in [-0.39, 0.29) is 12.3 Å². The number of carboxylic acid groups (broad SMARTS) is 1. The van der Waals surface area contributed by atoms with Crippen LogP contribution in [0.3, 0.4) is 0 Å². The van der Waals surface area contributed by atoms with E-state index in [2.05, 4.69) is 12.2 Å². The number of carboxylic acids is 1. The number of carbonyl (C=O) groups excluding carboxylic acids is 1. The zero-order valence-electron chi connectivity index (χ0n) is 16.4. The molecule has 4 N–H and O–H groups in total. The Morgan fingerprint density at radius 1 is 1.07 bits per heavy atom. The Morgan fingerprint density at radius 2 is 1.78 bits per heavy atom. The summed E-state index contributed by atoms with van der Waals surface area (Å²) in [5, 5.41) is 12.0. The highest BCUT2D eigenvalue weighted by atomic mass is 16.5. The van der Waals surface area contributed by atoms with Crippen LogP contribution in [0.1, 0.15) is 63.9 Å². The molecule has 152 valence electrons. The van der Waals surface area contributed by atoms with Gasteiger partial charge in [-0.15, -0.1) is 0 Å². The molecule has 27 heavy (non-hydrogen) atoms. The molecular formula is C21H34N2O4. The Kier molecular flexibility index (Phi) is 11.9. The third kappa shape index (κ3) is 10.6. The van der Waals surface area contributed by atoms with Crippen molar-refractivity contribution in [1.29, 1.82) is 0 Å². The van der Waals surface area contributed by atoms with E-state index in [0.29, 0.717) is 13.0 Å². The minimum atomic E-state index is -1.02. The molecule has 6 heteroatoms. The van der Waals surface area contributed by atoms with E-state index in [4.69, 9.17) is 10.5 Å². The minimum Gasteiger partial charge on any atom is -0.494 e. The summed E-state index contributed by atoms with van der Waals surface area (Å²) in [7, 11) is 0. The van der Waals surface area contributed by atoms with E-state index in [1.54, 1.807) is 0 Å². The number of rotatable bonds is 15. The Labute approximate surface area is 162 Å². The number of carbonyl (C=O) groups is 2. The van der Waals surface area contributed by atoms with E-state index in [0.717, 1.165) is 62.8 Å². The van der Waals surface area contributed by atoms with Gasteiger partial charge in [0, 0.05) is 12.8 Å². The molecule has 0 saturated heterocycles. The summed E-state index contributed by atoms with van der Waals surface area (Å²) >= 11 is 0. The largest absolute Gasteiger partial charge is 0.494 e. The molecule has 0 spiro atoms. The van der Waals surface area contributed by atoms with E-state index in [1.807, 2.05) is 24.3 Å². The van der Waals surface area contributed by atoms with Crippen molar-refractivity contribution in [2.45, 2.75) is 70.8 Å². The van der Waals surface area contributed by atoms with Gasteiger partial charge < -0.3 is 20.9 Å². The van der Waals surface area contributed by atoms with Gasteiger partial charge in [-0.1, -0.05) is 44.7 Å². The second kappa shape index (κ2) is 14.0. The van der Waals surface area contributed by atoms with Crippen molar-refractivity contribution >= 4 is 11.9 Å². The molecule has 0 aliphatic rings. The molecule has 0 aromatic heterocycles. The van der Waals surface area contributed by atoms with Crippen molar-refractivity contribution < 1.29 is 19.4 Å². The third-order valence-corrected chi connectivity index (χ3v) is 4.37. The van der Waals surface area contributed by atoms with Crippen LogP contribution >= 0.6 is 0 Å². The first-order valence-electron chi connectivity index (χ1n) is 10.0. The summed E-state index contributed by atoms with van der Waals surface area (Å²) < 4.78 is 5.70. The standard InChI is InChI=1S/C21H34N2O4/c1-2-3-6-9-20(24)23-19(21(25)26)16-17-10-12-18(13-11-17)27-15-8-5-4-7-14-22/h10-13,19H,2-9,14-16,22H2,1H3,(H,23,24)(H,25,26). The number of hydrogen-bond acceptors (Lipinski definition) is 4. The van der Waals surface area contributed by atoms with Crippen LogP contribution in [0.4, 0.5) is 0 Å².